The maximum Gasteiger partial charge on any atom is 0.257 e. The predicted octanol–water partition coefficient (Wildman–Crippen LogP) is 3.44. The first-order chi connectivity index (χ1) is 10.5. The van der Waals surface area contributed by atoms with Crippen LogP contribution in [0.4, 0.5) is 5.69 Å². The maximum absolute atomic E-state index is 12.2. The molecule has 0 aromatic heterocycles. The molecule has 4 nitrogen and oxygen atoms in total. The average molecular weight is 314 g/mol. The number of hydrogen-bond donors (Lipinski definition) is 2. The third kappa shape index (κ3) is 4.30. The Bertz CT molecular complexity index is 676. The lowest BCUT2D eigenvalue weighted by Gasteiger charge is -2.11. The van der Waals surface area contributed by atoms with E-state index in [-0.39, 0.29) is 11.0 Å². The summed E-state index contributed by atoms with van der Waals surface area (Å²) < 4.78 is 5.09. The summed E-state index contributed by atoms with van der Waals surface area (Å²) in [6.07, 6.45) is 0. The molecule has 0 heterocycles. The highest BCUT2D eigenvalue weighted by atomic mass is 32.1. The Morgan fingerprint density at radius 2 is 1.64 bits per heavy atom. The summed E-state index contributed by atoms with van der Waals surface area (Å²) in [5.74, 6) is 0.536. The van der Waals surface area contributed by atoms with Crippen molar-refractivity contribution < 1.29 is 9.53 Å². The molecule has 5 heteroatoms. The Balaban J connectivity index is 2.00. The summed E-state index contributed by atoms with van der Waals surface area (Å²) in [6, 6.07) is 13.0. The van der Waals surface area contributed by atoms with Gasteiger partial charge in [0.25, 0.3) is 5.91 Å². The summed E-state index contributed by atoms with van der Waals surface area (Å²) in [6.45, 7) is 3.91. The molecule has 0 saturated carbocycles. The average Bonchev–Trinajstić information content (AvgIpc) is 2.47. The Kier molecular flexibility index (Phi) is 5.12. The minimum absolute atomic E-state index is 0.224. The van der Waals surface area contributed by atoms with Crippen LogP contribution in [0, 0.1) is 13.8 Å². The van der Waals surface area contributed by atoms with E-state index in [2.05, 4.69) is 10.6 Å². The first-order valence-corrected chi connectivity index (χ1v) is 7.23. The van der Waals surface area contributed by atoms with Crippen molar-refractivity contribution in [3.05, 3.63) is 59.2 Å². The molecule has 0 aliphatic rings. The molecule has 1 amide bonds. The van der Waals surface area contributed by atoms with E-state index in [0.717, 1.165) is 22.6 Å². The number of rotatable bonds is 3. The molecule has 0 bridgehead atoms. The van der Waals surface area contributed by atoms with Gasteiger partial charge in [0.05, 0.1) is 7.11 Å². The number of thiocarbonyl (C=S) groups is 1. The van der Waals surface area contributed by atoms with Crippen LogP contribution in [0.2, 0.25) is 0 Å². The SMILES string of the molecule is COc1ccc(NC(=S)NC(=O)c2cc(C)cc(C)c2)cc1. The zero-order valence-electron chi connectivity index (χ0n) is 12.8. The summed E-state index contributed by atoms with van der Waals surface area (Å²) in [4.78, 5) is 12.2. The first kappa shape index (κ1) is 16.0. The Morgan fingerprint density at radius 3 is 2.18 bits per heavy atom. The van der Waals surface area contributed by atoms with Crippen molar-refractivity contribution in [1.82, 2.24) is 5.32 Å². The van der Waals surface area contributed by atoms with Crippen LogP contribution in [0.25, 0.3) is 0 Å². The highest BCUT2D eigenvalue weighted by molar-refractivity contribution is 7.80. The van der Waals surface area contributed by atoms with Gasteiger partial charge < -0.3 is 10.1 Å². The third-order valence-corrected chi connectivity index (χ3v) is 3.26. The second kappa shape index (κ2) is 7.04. The molecule has 0 unspecified atom stereocenters. The quantitative estimate of drug-likeness (QED) is 0.852. The monoisotopic (exact) mass is 314 g/mol. The van der Waals surface area contributed by atoms with Crippen LogP contribution in [0.5, 0.6) is 5.75 Å². The second-order valence-electron chi connectivity index (χ2n) is 5.01. The summed E-state index contributed by atoms with van der Waals surface area (Å²) >= 11 is 5.16. The van der Waals surface area contributed by atoms with Gasteiger partial charge in [0.15, 0.2) is 5.11 Å². The van der Waals surface area contributed by atoms with Gasteiger partial charge in [0.1, 0.15) is 5.75 Å². The Labute approximate surface area is 135 Å². The minimum Gasteiger partial charge on any atom is -0.497 e. The lowest BCUT2D eigenvalue weighted by molar-refractivity contribution is 0.0977. The zero-order chi connectivity index (χ0) is 16.1. The van der Waals surface area contributed by atoms with Gasteiger partial charge in [0.2, 0.25) is 0 Å². The van der Waals surface area contributed by atoms with Gasteiger partial charge in [-0.2, -0.15) is 0 Å². The van der Waals surface area contributed by atoms with Crippen LogP contribution in [0.3, 0.4) is 0 Å². The summed E-state index contributed by atoms with van der Waals surface area (Å²) in [5, 5.41) is 5.90. The maximum atomic E-state index is 12.2. The number of carbonyl (C=O) groups excluding carboxylic acids is 1. The van der Waals surface area contributed by atoms with Crippen LogP contribution in [-0.4, -0.2) is 18.1 Å². The number of hydrogen-bond acceptors (Lipinski definition) is 3. The third-order valence-electron chi connectivity index (χ3n) is 3.06. The number of methoxy groups -OCH3 is 1. The van der Waals surface area contributed by atoms with Gasteiger partial charge in [-0.3, -0.25) is 10.1 Å². The topological polar surface area (TPSA) is 50.4 Å². The highest BCUT2D eigenvalue weighted by Crippen LogP contribution is 2.15. The molecule has 0 spiro atoms. The molecule has 2 N–H and O–H groups in total. The molecular formula is C17H18N2O2S. The van der Waals surface area contributed by atoms with Crippen LogP contribution < -0.4 is 15.4 Å². The van der Waals surface area contributed by atoms with Gasteiger partial charge in [0, 0.05) is 11.3 Å². The molecule has 0 atom stereocenters. The van der Waals surface area contributed by atoms with Gasteiger partial charge in [-0.15, -0.1) is 0 Å². The molecule has 0 radical (unpaired) electrons. The van der Waals surface area contributed by atoms with E-state index in [0.29, 0.717) is 5.56 Å². The lowest BCUT2D eigenvalue weighted by atomic mass is 10.1. The summed E-state index contributed by atoms with van der Waals surface area (Å²) in [5.41, 5.74) is 3.46. The minimum atomic E-state index is -0.224. The normalized spacial score (nSPS) is 9.95. The fourth-order valence-corrected chi connectivity index (χ4v) is 2.33. The van der Waals surface area contributed by atoms with E-state index in [1.807, 2.05) is 56.3 Å². The van der Waals surface area contributed by atoms with Gasteiger partial charge >= 0.3 is 0 Å². The fraction of sp³-hybridized carbons (Fsp3) is 0.176. The molecule has 0 fully saturated rings. The van der Waals surface area contributed by atoms with E-state index in [9.17, 15) is 4.79 Å². The standard InChI is InChI=1S/C17H18N2O2S/c1-11-8-12(2)10-13(9-11)16(20)19-17(22)18-14-4-6-15(21-3)7-5-14/h4-10H,1-3H3,(H2,18,19,20,22). The number of benzene rings is 2. The first-order valence-electron chi connectivity index (χ1n) is 6.82. The molecule has 0 saturated heterocycles. The largest absolute Gasteiger partial charge is 0.497 e. The predicted molar refractivity (Wildman–Crippen MR) is 92.6 cm³/mol. The van der Waals surface area contributed by atoms with Crippen LogP contribution in [0.1, 0.15) is 21.5 Å². The van der Waals surface area contributed by atoms with Crippen LogP contribution >= 0.6 is 12.2 Å². The van der Waals surface area contributed by atoms with E-state index >= 15 is 0 Å². The molecule has 2 aromatic carbocycles. The fourth-order valence-electron chi connectivity index (χ4n) is 2.12. The molecule has 2 rings (SSSR count). The van der Waals surface area contributed by atoms with Gasteiger partial charge in [-0.25, -0.2) is 0 Å². The van der Waals surface area contributed by atoms with Crippen molar-refractivity contribution in [2.24, 2.45) is 0 Å². The van der Waals surface area contributed by atoms with Crippen molar-refractivity contribution in [1.29, 1.82) is 0 Å². The van der Waals surface area contributed by atoms with Crippen molar-refractivity contribution >= 4 is 28.9 Å². The second-order valence-corrected chi connectivity index (χ2v) is 5.42. The van der Waals surface area contributed by atoms with Gasteiger partial charge in [-0.1, -0.05) is 17.2 Å². The zero-order valence-corrected chi connectivity index (χ0v) is 13.6. The number of nitrogens with one attached hydrogen (secondary N) is 2. The van der Waals surface area contributed by atoms with Crippen LogP contribution in [0.15, 0.2) is 42.5 Å². The number of ether oxygens (including phenoxy) is 1. The number of amides is 1. The molecule has 22 heavy (non-hydrogen) atoms. The molecular weight excluding hydrogens is 296 g/mol. The summed E-state index contributed by atoms with van der Waals surface area (Å²) in [7, 11) is 1.61. The molecule has 0 aliphatic heterocycles. The van der Waals surface area contributed by atoms with E-state index in [1.54, 1.807) is 7.11 Å². The van der Waals surface area contributed by atoms with Crippen molar-refractivity contribution in [2.45, 2.75) is 13.8 Å². The molecule has 114 valence electrons. The van der Waals surface area contributed by atoms with Crippen molar-refractivity contribution in [2.75, 3.05) is 12.4 Å². The van der Waals surface area contributed by atoms with Crippen LogP contribution in [-0.2, 0) is 0 Å². The smallest absolute Gasteiger partial charge is 0.257 e. The number of anilines is 1. The van der Waals surface area contributed by atoms with E-state index < -0.39 is 0 Å². The van der Waals surface area contributed by atoms with E-state index in [4.69, 9.17) is 17.0 Å². The van der Waals surface area contributed by atoms with E-state index in [1.165, 1.54) is 0 Å². The lowest BCUT2D eigenvalue weighted by Crippen LogP contribution is -2.34. The molecule has 2 aromatic rings. The van der Waals surface area contributed by atoms with Crippen molar-refractivity contribution in [3.8, 4) is 5.75 Å². The van der Waals surface area contributed by atoms with Gasteiger partial charge in [-0.05, 0) is 62.5 Å². The Hall–Kier alpha value is -2.40. The van der Waals surface area contributed by atoms with Crippen molar-refractivity contribution in [3.63, 3.8) is 0 Å². The Morgan fingerprint density at radius 1 is 1.05 bits per heavy atom. The number of carbonyl (C=O) groups is 1. The highest BCUT2D eigenvalue weighted by Gasteiger charge is 2.09. The number of aryl methyl sites for hydroxylation is 2. The molecule has 0 aliphatic carbocycles.